The minimum absolute atomic E-state index is 0.0277. The molecule has 0 aromatic heterocycles. The summed E-state index contributed by atoms with van der Waals surface area (Å²) in [6.07, 6.45) is 2.07. The fourth-order valence-electron chi connectivity index (χ4n) is 6.05. The molecule has 2 bridgehead atoms. The molecule has 0 radical (unpaired) electrons. The first kappa shape index (κ1) is 30.9. The Hall–Kier alpha value is -4.13. The molecule has 2 heterocycles. The van der Waals surface area contributed by atoms with Gasteiger partial charge in [-0.15, -0.1) is 0 Å². The summed E-state index contributed by atoms with van der Waals surface area (Å²) in [7, 11) is -4.08. The van der Waals surface area contributed by atoms with Crippen molar-refractivity contribution in [3.05, 3.63) is 102 Å². The van der Waals surface area contributed by atoms with Crippen LogP contribution in [0.3, 0.4) is 0 Å². The number of phenolic OH excluding ortho intramolecular Hbond substituents is 1. The van der Waals surface area contributed by atoms with Crippen molar-refractivity contribution >= 4 is 58.6 Å². The number of benzene rings is 4. The number of fused-ring (bicyclic) bond motifs is 3. The number of anilines is 1. The van der Waals surface area contributed by atoms with Crippen LogP contribution in [0.15, 0.2) is 91.0 Å². The van der Waals surface area contributed by atoms with Crippen molar-refractivity contribution < 1.29 is 27.2 Å². The first-order valence-electron chi connectivity index (χ1n) is 14.8. The first-order valence-corrected chi connectivity index (χ1v) is 18.4. The summed E-state index contributed by atoms with van der Waals surface area (Å²) in [5.41, 5.74) is 3.91. The van der Waals surface area contributed by atoms with E-state index in [1.165, 1.54) is 0 Å². The van der Waals surface area contributed by atoms with Gasteiger partial charge in [-0.3, -0.25) is 0 Å². The van der Waals surface area contributed by atoms with Gasteiger partial charge in [0.2, 0.25) is 0 Å². The second kappa shape index (κ2) is 13.5. The zero-order chi connectivity index (χ0) is 31.4. The van der Waals surface area contributed by atoms with Crippen LogP contribution >= 0.6 is 0 Å². The molecule has 0 aliphatic carbocycles. The van der Waals surface area contributed by atoms with Gasteiger partial charge in [0.05, 0.1) is 6.10 Å². The summed E-state index contributed by atoms with van der Waals surface area (Å²) in [5.74, 6) is 0.318. The molecule has 10 heteroatoms. The van der Waals surface area contributed by atoms with Gasteiger partial charge in [-0.05, 0) is 46.2 Å². The Labute approximate surface area is 269 Å². The van der Waals surface area contributed by atoms with Crippen molar-refractivity contribution in [1.82, 2.24) is 0 Å². The SMILES string of the molecule is N#C[Se]CCCCCC(=O)Nc1ccc(C2=C(c3ccc(O)cc3)C3CC(S(=O)(=O)Oc4ccc5ccccc5c4)C2O3)cc1. The van der Waals surface area contributed by atoms with E-state index in [4.69, 9.17) is 14.2 Å². The molecule has 2 aliphatic heterocycles. The Kier molecular flexibility index (Phi) is 9.24. The van der Waals surface area contributed by atoms with Gasteiger partial charge < -0.3 is 14.0 Å². The number of unbranched alkanes of at least 4 members (excludes halogenated alkanes) is 2. The summed E-state index contributed by atoms with van der Waals surface area (Å²) in [4.78, 5) is 14.7. The second-order valence-electron chi connectivity index (χ2n) is 11.2. The van der Waals surface area contributed by atoms with Crippen molar-refractivity contribution in [2.24, 2.45) is 0 Å². The summed E-state index contributed by atoms with van der Waals surface area (Å²) in [6.45, 7) is 0. The van der Waals surface area contributed by atoms with Crippen molar-refractivity contribution in [2.75, 3.05) is 5.32 Å². The Bertz CT molecular complexity index is 1880. The molecule has 2 N–H and O–H groups in total. The van der Waals surface area contributed by atoms with Gasteiger partial charge in [-0.25, -0.2) is 0 Å². The van der Waals surface area contributed by atoms with Crippen LogP contribution in [0.25, 0.3) is 21.9 Å². The Morgan fingerprint density at radius 3 is 2.40 bits per heavy atom. The summed E-state index contributed by atoms with van der Waals surface area (Å²) in [6, 6.07) is 27.1. The fourth-order valence-corrected chi connectivity index (χ4v) is 8.38. The molecule has 3 atom stereocenters. The Morgan fingerprint density at radius 1 is 0.933 bits per heavy atom. The van der Waals surface area contributed by atoms with E-state index in [2.05, 4.69) is 10.3 Å². The fraction of sp³-hybridized carbons (Fsp3) is 0.257. The van der Waals surface area contributed by atoms with E-state index in [9.17, 15) is 18.3 Å². The molecule has 0 saturated carbocycles. The van der Waals surface area contributed by atoms with Crippen molar-refractivity contribution in [3.8, 4) is 16.5 Å². The molecule has 230 valence electrons. The van der Waals surface area contributed by atoms with Crippen LogP contribution in [0, 0.1) is 10.2 Å². The number of amides is 1. The molecule has 2 aliphatic rings. The number of phenols is 1. The quantitative estimate of drug-likeness (QED) is 0.0989. The van der Waals surface area contributed by atoms with Gasteiger partial charge in [0.1, 0.15) is 22.9 Å². The topological polar surface area (TPSA) is 126 Å². The predicted octanol–water partition coefficient (Wildman–Crippen LogP) is 6.51. The number of nitriles is 1. The normalized spacial score (nSPS) is 19.0. The molecule has 4 aromatic carbocycles. The van der Waals surface area contributed by atoms with Gasteiger partial charge in [0.15, 0.2) is 0 Å². The number of rotatable bonds is 12. The van der Waals surface area contributed by atoms with Crippen LogP contribution in [-0.4, -0.2) is 51.8 Å². The first-order chi connectivity index (χ1) is 21.8. The summed E-state index contributed by atoms with van der Waals surface area (Å²) >= 11 is 0.0277. The van der Waals surface area contributed by atoms with E-state index in [1.54, 1.807) is 36.4 Å². The van der Waals surface area contributed by atoms with Crippen LogP contribution in [0.1, 0.15) is 43.2 Å². The van der Waals surface area contributed by atoms with Crippen LogP contribution in [0.4, 0.5) is 5.69 Å². The zero-order valence-corrected chi connectivity index (χ0v) is 26.9. The van der Waals surface area contributed by atoms with Crippen molar-refractivity contribution in [3.63, 3.8) is 0 Å². The van der Waals surface area contributed by atoms with E-state index in [0.717, 1.165) is 57.6 Å². The van der Waals surface area contributed by atoms with Crippen LogP contribution in [-0.2, 0) is 19.6 Å². The summed E-state index contributed by atoms with van der Waals surface area (Å²) in [5, 5.41) is 23.4. The van der Waals surface area contributed by atoms with E-state index >= 15 is 0 Å². The number of nitrogens with one attached hydrogen (secondary N) is 1. The number of aromatic hydroxyl groups is 1. The van der Waals surface area contributed by atoms with Gasteiger partial charge in [0.25, 0.3) is 0 Å². The monoisotopic (exact) mass is 688 g/mol. The number of ether oxygens (including phenoxy) is 1. The maximum absolute atomic E-state index is 13.7. The second-order valence-corrected chi connectivity index (χ2v) is 14.8. The third kappa shape index (κ3) is 6.92. The predicted molar refractivity (Wildman–Crippen MR) is 175 cm³/mol. The molecule has 0 spiro atoms. The average Bonchev–Trinajstić information content (AvgIpc) is 3.64. The molecule has 1 amide bonds. The van der Waals surface area contributed by atoms with E-state index in [0.29, 0.717) is 12.1 Å². The third-order valence-corrected chi connectivity index (χ3v) is 11.1. The molecule has 8 nitrogen and oxygen atoms in total. The number of hydrogen-bond donors (Lipinski definition) is 2. The molecule has 1 saturated heterocycles. The molecule has 4 aromatic rings. The standard InChI is InChI=1S/C35H32N2O6SSe/c36-22-45-19-5-1-2-8-32(39)37-27-14-9-25(10-15-27)34-33(24-11-16-28(38)17-12-24)30-21-31(35(34)42-30)44(40,41)43-29-18-13-23-6-3-4-7-26(23)20-29/h3-4,6-7,9-18,20,30-31,35,38H,1-2,5,8,19,21H2,(H,37,39). The third-order valence-electron chi connectivity index (χ3n) is 8.17. The van der Waals surface area contributed by atoms with Crippen molar-refractivity contribution in [2.45, 2.75) is 54.9 Å². The number of carbonyl (C=O) groups excluding carboxylic acids is 1. The van der Waals surface area contributed by atoms with E-state index in [-0.39, 0.29) is 38.8 Å². The molecule has 45 heavy (non-hydrogen) atoms. The van der Waals surface area contributed by atoms with E-state index < -0.39 is 27.6 Å². The van der Waals surface area contributed by atoms with Crippen molar-refractivity contribution in [1.29, 1.82) is 5.26 Å². The van der Waals surface area contributed by atoms with Gasteiger partial charge >= 0.3 is 123 Å². The molecular weight excluding hydrogens is 655 g/mol. The molecule has 6 rings (SSSR count). The summed E-state index contributed by atoms with van der Waals surface area (Å²) < 4.78 is 39.4. The zero-order valence-electron chi connectivity index (χ0n) is 24.4. The van der Waals surface area contributed by atoms with Gasteiger partial charge in [-0.1, -0.05) is 42.5 Å². The number of carbonyl (C=O) groups is 1. The molecule has 1 fully saturated rings. The van der Waals surface area contributed by atoms with Crippen LogP contribution in [0.2, 0.25) is 5.32 Å². The van der Waals surface area contributed by atoms with Crippen LogP contribution < -0.4 is 9.50 Å². The minimum atomic E-state index is -4.08. The Balaban J connectivity index is 1.23. The van der Waals surface area contributed by atoms with Gasteiger partial charge in [0, 0.05) is 6.42 Å². The van der Waals surface area contributed by atoms with Crippen LogP contribution in [0.5, 0.6) is 11.5 Å². The van der Waals surface area contributed by atoms with E-state index in [1.807, 2.05) is 54.6 Å². The maximum atomic E-state index is 13.7. The average molecular weight is 688 g/mol. The van der Waals surface area contributed by atoms with Gasteiger partial charge in [-0.2, -0.15) is 8.42 Å². The molecule has 3 unspecified atom stereocenters. The molecular formula is C35H32N2O6SSe. The number of nitrogens with zero attached hydrogens (tertiary/aromatic N) is 1. The Morgan fingerprint density at radius 2 is 1.64 bits per heavy atom. The number of hydrogen-bond acceptors (Lipinski definition) is 7.